The molecule has 0 saturated carbocycles. The first-order chi connectivity index (χ1) is 15.7. The van der Waals surface area contributed by atoms with Gasteiger partial charge in [0.2, 0.25) is 5.95 Å². The first kappa shape index (κ1) is 23.6. The van der Waals surface area contributed by atoms with Crippen LogP contribution < -0.4 is 10.9 Å². The number of H-pyrrole nitrogens is 1. The van der Waals surface area contributed by atoms with Gasteiger partial charge in [0, 0.05) is 12.1 Å². The average molecular weight is 479 g/mol. The molecule has 1 aromatic carbocycles. The number of hydrogen-bond donors (Lipinski definition) is 5. The van der Waals surface area contributed by atoms with Crippen molar-refractivity contribution in [3.05, 3.63) is 46.5 Å². The van der Waals surface area contributed by atoms with Crippen molar-refractivity contribution in [2.24, 2.45) is 0 Å². The van der Waals surface area contributed by atoms with Gasteiger partial charge in [0.15, 0.2) is 11.2 Å². The van der Waals surface area contributed by atoms with Crippen LogP contribution in [0.3, 0.4) is 0 Å². The van der Waals surface area contributed by atoms with Crippen molar-refractivity contribution in [3.8, 4) is 0 Å². The number of fused-ring (bicyclic) bond motifs is 1. The van der Waals surface area contributed by atoms with E-state index in [1.807, 2.05) is 24.3 Å². The van der Waals surface area contributed by atoms with Gasteiger partial charge in [-0.2, -0.15) is 4.98 Å². The summed E-state index contributed by atoms with van der Waals surface area (Å²) in [5.41, 5.74) is 1.89. The van der Waals surface area contributed by atoms with Gasteiger partial charge in [0.1, 0.15) is 12.3 Å². The maximum absolute atomic E-state index is 12.5. The van der Waals surface area contributed by atoms with Gasteiger partial charge in [-0.1, -0.05) is 25.5 Å². The van der Waals surface area contributed by atoms with E-state index in [0.29, 0.717) is 0 Å². The molecule has 1 aliphatic heterocycles. The zero-order valence-corrected chi connectivity index (χ0v) is 18.8. The highest BCUT2D eigenvalue weighted by Crippen LogP contribution is 2.38. The highest BCUT2D eigenvalue weighted by Gasteiger charge is 2.37. The van der Waals surface area contributed by atoms with Gasteiger partial charge in [-0.25, -0.2) is 9.55 Å². The summed E-state index contributed by atoms with van der Waals surface area (Å²) in [6.45, 7) is 1.66. The van der Waals surface area contributed by atoms with Crippen molar-refractivity contribution in [2.75, 3.05) is 11.9 Å². The second-order valence-electron chi connectivity index (χ2n) is 7.88. The maximum atomic E-state index is 12.5. The third kappa shape index (κ3) is 5.67. The van der Waals surface area contributed by atoms with Gasteiger partial charge in [-0.05, 0) is 30.5 Å². The Hall–Kier alpha value is -2.60. The molecule has 3 aromatic rings. The summed E-state index contributed by atoms with van der Waals surface area (Å²) in [7, 11) is -4.70. The van der Waals surface area contributed by atoms with Crippen LogP contribution in [0.15, 0.2) is 35.4 Å². The number of hydrogen-bond acceptors (Lipinski definition) is 8. The van der Waals surface area contributed by atoms with Crippen LogP contribution in [0.4, 0.5) is 11.6 Å². The molecule has 13 heteroatoms. The Kier molecular flexibility index (Phi) is 6.94. The zero-order valence-electron chi connectivity index (χ0n) is 17.9. The van der Waals surface area contributed by atoms with E-state index in [4.69, 9.17) is 14.5 Å². The Morgan fingerprint density at radius 2 is 2.09 bits per heavy atom. The van der Waals surface area contributed by atoms with Crippen LogP contribution in [0.25, 0.3) is 11.2 Å². The largest absolute Gasteiger partial charge is 0.469 e. The SMILES string of the molecule is CCCCc1ccc(Nc2nc3c(ncn3[C@H]3C[C@H](O)[C@@H](COP(=O)(O)O)O3)c(=O)[nH]2)cc1. The highest BCUT2D eigenvalue weighted by molar-refractivity contribution is 7.46. The lowest BCUT2D eigenvalue weighted by Crippen LogP contribution is -2.25. The summed E-state index contributed by atoms with van der Waals surface area (Å²) < 4.78 is 22.6. The Balaban J connectivity index is 1.53. The molecule has 0 unspecified atom stereocenters. The molecule has 178 valence electrons. The second-order valence-corrected chi connectivity index (χ2v) is 9.12. The number of imidazole rings is 1. The third-order valence-corrected chi connectivity index (χ3v) is 5.87. The summed E-state index contributed by atoms with van der Waals surface area (Å²) in [6, 6.07) is 7.86. The average Bonchev–Trinajstić information content (AvgIpc) is 3.35. The van der Waals surface area contributed by atoms with Crippen molar-refractivity contribution in [1.82, 2.24) is 19.5 Å². The van der Waals surface area contributed by atoms with Gasteiger partial charge in [0.05, 0.1) is 19.0 Å². The van der Waals surface area contributed by atoms with Crippen LogP contribution in [0.5, 0.6) is 0 Å². The molecule has 1 saturated heterocycles. The molecule has 2 aromatic heterocycles. The van der Waals surface area contributed by atoms with Crippen molar-refractivity contribution in [2.45, 2.75) is 51.0 Å². The number of aromatic amines is 1. The standard InChI is InChI=1S/C20H26N5O7P/c1-2-3-4-12-5-7-13(8-6-12)22-20-23-18-17(19(27)24-20)21-11-25(18)16-9-14(26)15(32-16)10-31-33(28,29)30/h5-8,11,14-16,26H,2-4,9-10H2,1H3,(H2,28,29,30)(H2,22,23,24,27)/t14-,15+,16+/m0/s1. The van der Waals surface area contributed by atoms with Gasteiger partial charge >= 0.3 is 7.82 Å². The van der Waals surface area contributed by atoms with Gasteiger partial charge in [-0.3, -0.25) is 18.9 Å². The Morgan fingerprint density at radius 1 is 1.33 bits per heavy atom. The number of phosphoric ester groups is 1. The van der Waals surface area contributed by atoms with E-state index in [9.17, 15) is 14.5 Å². The number of unbranched alkanes of at least 4 members (excludes halogenated alkanes) is 1. The number of ether oxygens (including phenoxy) is 1. The maximum Gasteiger partial charge on any atom is 0.469 e. The molecule has 1 fully saturated rings. The van der Waals surface area contributed by atoms with E-state index in [1.54, 1.807) is 0 Å². The van der Waals surface area contributed by atoms with Crippen LogP contribution in [-0.2, 0) is 20.2 Å². The third-order valence-electron chi connectivity index (χ3n) is 5.39. The number of aliphatic hydroxyl groups excluding tert-OH is 1. The van der Waals surface area contributed by atoms with Crippen molar-refractivity contribution >= 4 is 30.6 Å². The summed E-state index contributed by atoms with van der Waals surface area (Å²) in [6.07, 6.45) is 2.01. The second kappa shape index (κ2) is 9.72. The lowest BCUT2D eigenvalue weighted by molar-refractivity contribution is -0.0424. The monoisotopic (exact) mass is 479 g/mol. The van der Waals surface area contributed by atoms with E-state index >= 15 is 0 Å². The van der Waals surface area contributed by atoms with Crippen LogP contribution >= 0.6 is 7.82 Å². The van der Waals surface area contributed by atoms with Gasteiger partial charge in [-0.15, -0.1) is 0 Å². The van der Waals surface area contributed by atoms with Gasteiger partial charge < -0.3 is 24.9 Å². The van der Waals surface area contributed by atoms with E-state index in [2.05, 4.69) is 31.7 Å². The predicted octanol–water partition coefficient (Wildman–Crippen LogP) is 1.96. The molecule has 3 heterocycles. The molecule has 0 spiro atoms. The molecule has 12 nitrogen and oxygen atoms in total. The van der Waals surface area contributed by atoms with Crippen molar-refractivity contribution < 1.29 is 28.7 Å². The minimum Gasteiger partial charge on any atom is -0.390 e. The molecular weight excluding hydrogens is 453 g/mol. The van der Waals surface area contributed by atoms with Crippen molar-refractivity contribution in [1.29, 1.82) is 0 Å². The fourth-order valence-electron chi connectivity index (χ4n) is 3.67. The molecule has 3 atom stereocenters. The zero-order chi connectivity index (χ0) is 23.6. The summed E-state index contributed by atoms with van der Waals surface area (Å²) >= 11 is 0. The number of nitrogens with one attached hydrogen (secondary N) is 2. The molecule has 0 amide bonds. The lowest BCUT2D eigenvalue weighted by Gasteiger charge is -2.16. The number of aromatic nitrogens is 4. The predicted molar refractivity (Wildman–Crippen MR) is 119 cm³/mol. The number of aliphatic hydroxyl groups is 1. The van der Waals surface area contributed by atoms with E-state index in [1.165, 1.54) is 16.5 Å². The number of benzene rings is 1. The molecular formula is C20H26N5O7P. The van der Waals surface area contributed by atoms with Crippen LogP contribution in [-0.4, -0.2) is 53.2 Å². The number of aryl methyl sites for hydroxylation is 1. The molecule has 0 radical (unpaired) electrons. The summed E-state index contributed by atoms with van der Waals surface area (Å²) in [5.74, 6) is 0.218. The summed E-state index contributed by atoms with van der Waals surface area (Å²) in [5, 5.41) is 13.3. The fraction of sp³-hybridized carbons (Fsp3) is 0.450. The van der Waals surface area contributed by atoms with E-state index in [-0.39, 0.29) is 23.5 Å². The van der Waals surface area contributed by atoms with E-state index < -0.39 is 38.4 Å². The summed E-state index contributed by atoms with van der Waals surface area (Å²) in [4.78, 5) is 41.5. The Morgan fingerprint density at radius 3 is 2.79 bits per heavy atom. The van der Waals surface area contributed by atoms with Crippen LogP contribution in [0.2, 0.25) is 0 Å². The van der Waals surface area contributed by atoms with Crippen LogP contribution in [0.1, 0.15) is 38.0 Å². The quantitative estimate of drug-likeness (QED) is 0.286. The first-order valence-corrected chi connectivity index (χ1v) is 12.1. The molecule has 1 aliphatic rings. The molecule has 4 rings (SSSR count). The number of rotatable bonds is 9. The van der Waals surface area contributed by atoms with Gasteiger partial charge in [0.25, 0.3) is 5.56 Å². The molecule has 0 aliphatic carbocycles. The normalized spacial score (nSPS) is 21.0. The van der Waals surface area contributed by atoms with Crippen molar-refractivity contribution in [3.63, 3.8) is 0 Å². The van der Waals surface area contributed by atoms with Crippen LogP contribution in [0, 0.1) is 0 Å². The first-order valence-electron chi connectivity index (χ1n) is 10.6. The topological polar surface area (TPSA) is 172 Å². The number of anilines is 2. The molecule has 33 heavy (non-hydrogen) atoms. The molecule has 5 N–H and O–H groups in total. The minimum absolute atomic E-state index is 0.100. The van der Waals surface area contributed by atoms with E-state index in [0.717, 1.165) is 24.9 Å². The highest BCUT2D eigenvalue weighted by atomic mass is 31.2. The lowest BCUT2D eigenvalue weighted by atomic mass is 10.1. The smallest absolute Gasteiger partial charge is 0.390 e. The minimum atomic E-state index is -4.70. The Labute approximate surface area is 188 Å². The Bertz CT molecular complexity index is 1210. The molecule has 0 bridgehead atoms. The number of nitrogens with zero attached hydrogens (tertiary/aromatic N) is 3. The fourth-order valence-corrected chi connectivity index (χ4v) is 4.02. The number of phosphoric acid groups is 1.